The Balaban J connectivity index is 1.91. The average Bonchev–Trinajstić information content (AvgIpc) is 3.31. The summed E-state index contributed by atoms with van der Waals surface area (Å²) in [6.45, 7) is 10.7. The quantitative estimate of drug-likeness (QED) is 0.630. The number of hydrogen-bond donors (Lipinski definition) is 3. The third-order valence-corrected chi connectivity index (χ3v) is 4.84. The molecule has 1 atom stereocenters. The van der Waals surface area contributed by atoms with Gasteiger partial charge in [-0.05, 0) is 16.5 Å². The second kappa shape index (κ2) is 8.54. The first-order valence-corrected chi connectivity index (χ1v) is 9.70. The van der Waals surface area contributed by atoms with Crippen molar-refractivity contribution in [2.24, 2.45) is 21.9 Å². The van der Waals surface area contributed by atoms with E-state index in [1.807, 2.05) is 30.4 Å². The smallest absolute Gasteiger partial charge is 0.256 e. The molecule has 0 amide bonds. The number of rotatable bonds is 6. The number of hydrazine groups is 1. The van der Waals surface area contributed by atoms with Gasteiger partial charge in [0.25, 0.3) is 5.89 Å². The van der Waals surface area contributed by atoms with Crippen LogP contribution in [-0.4, -0.2) is 35.0 Å². The lowest BCUT2D eigenvalue weighted by atomic mass is 9.76. The van der Waals surface area contributed by atoms with Crippen molar-refractivity contribution in [3.05, 3.63) is 71.9 Å². The molecule has 0 aliphatic carbocycles. The van der Waals surface area contributed by atoms with Crippen molar-refractivity contribution < 1.29 is 4.52 Å². The van der Waals surface area contributed by atoms with Gasteiger partial charge >= 0.3 is 0 Å². The SMILES string of the molecule is C=C(N)N=C/C(=C\N)c1ccc(C(c2noc(C3=CN(C)NC3)n2)C(C)(C)C)cc1. The number of aliphatic imine (C=N–C) groups is 1. The summed E-state index contributed by atoms with van der Waals surface area (Å²) < 4.78 is 5.57. The molecule has 8 heteroatoms. The molecule has 3 rings (SSSR count). The van der Waals surface area contributed by atoms with Crippen molar-refractivity contribution in [2.45, 2.75) is 26.7 Å². The fourth-order valence-corrected chi connectivity index (χ4v) is 3.42. The minimum atomic E-state index is -0.118. The summed E-state index contributed by atoms with van der Waals surface area (Å²) in [7, 11) is 1.93. The maximum atomic E-state index is 5.75. The van der Waals surface area contributed by atoms with E-state index in [1.54, 1.807) is 6.21 Å². The zero-order valence-electron chi connectivity index (χ0n) is 17.9. The number of nitrogens with zero attached hydrogens (tertiary/aromatic N) is 4. The van der Waals surface area contributed by atoms with Gasteiger partial charge in [-0.15, -0.1) is 0 Å². The third-order valence-electron chi connectivity index (χ3n) is 4.84. The van der Waals surface area contributed by atoms with E-state index in [0.29, 0.717) is 18.3 Å². The van der Waals surface area contributed by atoms with Gasteiger partial charge in [0.2, 0.25) is 0 Å². The van der Waals surface area contributed by atoms with Gasteiger partial charge < -0.3 is 21.0 Å². The summed E-state index contributed by atoms with van der Waals surface area (Å²) in [6.07, 6.45) is 5.05. The molecular weight excluding hydrogens is 378 g/mol. The van der Waals surface area contributed by atoms with Gasteiger partial charge in [-0.25, -0.2) is 10.4 Å². The monoisotopic (exact) mass is 407 g/mol. The molecule has 1 aliphatic heterocycles. The molecule has 30 heavy (non-hydrogen) atoms. The molecule has 158 valence electrons. The van der Waals surface area contributed by atoms with Crippen LogP contribution < -0.4 is 16.9 Å². The lowest BCUT2D eigenvalue weighted by Gasteiger charge is -2.28. The van der Waals surface area contributed by atoms with Crippen LogP contribution in [-0.2, 0) is 0 Å². The molecule has 1 unspecified atom stereocenters. The molecule has 1 aliphatic rings. The van der Waals surface area contributed by atoms with Crippen LogP contribution in [0.25, 0.3) is 11.1 Å². The number of aromatic nitrogens is 2. The highest BCUT2D eigenvalue weighted by molar-refractivity contribution is 6.09. The predicted molar refractivity (Wildman–Crippen MR) is 120 cm³/mol. The van der Waals surface area contributed by atoms with Gasteiger partial charge in [0.05, 0.1) is 11.5 Å². The van der Waals surface area contributed by atoms with Crippen molar-refractivity contribution in [1.29, 1.82) is 0 Å². The molecule has 5 N–H and O–H groups in total. The van der Waals surface area contributed by atoms with E-state index in [2.05, 4.69) is 55.1 Å². The average molecular weight is 408 g/mol. The van der Waals surface area contributed by atoms with Gasteiger partial charge in [0, 0.05) is 37.8 Å². The van der Waals surface area contributed by atoms with E-state index >= 15 is 0 Å². The molecular formula is C22H29N7O. The highest BCUT2D eigenvalue weighted by atomic mass is 16.5. The Hall–Kier alpha value is -3.39. The molecule has 0 saturated carbocycles. The minimum Gasteiger partial charge on any atom is -0.404 e. The van der Waals surface area contributed by atoms with Crippen molar-refractivity contribution in [3.8, 4) is 0 Å². The number of nitrogens with one attached hydrogen (secondary N) is 1. The van der Waals surface area contributed by atoms with Crippen LogP contribution in [0.15, 0.2) is 58.6 Å². The second-order valence-corrected chi connectivity index (χ2v) is 8.35. The molecule has 0 spiro atoms. The Kier molecular flexibility index (Phi) is 6.07. The Morgan fingerprint density at radius 1 is 1.33 bits per heavy atom. The molecule has 1 aromatic heterocycles. The first-order chi connectivity index (χ1) is 14.2. The number of benzene rings is 1. The Morgan fingerprint density at radius 3 is 2.57 bits per heavy atom. The lowest BCUT2D eigenvalue weighted by molar-refractivity contribution is 0.329. The summed E-state index contributed by atoms with van der Waals surface area (Å²) in [6, 6.07) is 8.11. The van der Waals surface area contributed by atoms with Crippen LogP contribution in [0.5, 0.6) is 0 Å². The maximum Gasteiger partial charge on any atom is 0.256 e. The van der Waals surface area contributed by atoms with Crippen LogP contribution in [0, 0.1) is 5.41 Å². The molecule has 2 aromatic rings. The van der Waals surface area contributed by atoms with Gasteiger partial charge in [-0.2, -0.15) is 4.98 Å². The van der Waals surface area contributed by atoms with Crippen LogP contribution in [0.1, 0.15) is 49.5 Å². The van der Waals surface area contributed by atoms with Gasteiger partial charge in [-0.3, -0.25) is 0 Å². The van der Waals surface area contributed by atoms with E-state index in [9.17, 15) is 0 Å². The second-order valence-electron chi connectivity index (χ2n) is 8.35. The summed E-state index contributed by atoms with van der Waals surface area (Å²) in [5.74, 6) is 1.39. The van der Waals surface area contributed by atoms with E-state index < -0.39 is 0 Å². The standard InChI is InChI=1S/C22H29N7O/c1-14(24)25-11-17(10-23)15-6-8-16(9-7-15)19(22(2,3)4)20-27-21(30-28-20)18-12-26-29(5)13-18/h6-11,13,19,26H,1,12,23-24H2,2-5H3/b17-10+,25-11?. The predicted octanol–water partition coefficient (Wildman–Crippen LogP) is 2.84. The first-order valence-electron chi connectivity index (χ1n) is 9.70. The number of hydrogen-bond acceptors (Lipinski definition) is 8. The Labute approximate surface area is 177 Å². The summed E-state index contributed by atoms with van der Waals surface area (Å²) in [5, 5.41) is 6.18. The summed E-state index contributed by atoms with van der Waals surface area (Å²) >= 11 is 0. The van der Waals surface area contributed by atoms with Crippen molar-refractivity contribution >= 4 is 17.4 Å². The van der Waals surface area contributed by atoms with Gasteiger partial charge in [0.15, 0.2) is 5.82 Å². The van der Waals surface area contributed by atoms with Gasteiger partial charge in [0.1, 0.15) is 5.82 Å². The van der Waals surface area contributed by atoms with Crippen LogP contribution in [0.2, 0.25) is 0 Å². The molecule has 2 heterocycles. The molecule has 8 nitrogen and oxygen atoms in total. The van der Waals surface area contributed by atoms with Gasteiger partial charge in [-0.1, -0.05) is 56.8 Å². The van der Waals surface area contributed by atoms with E-state index in [0.717, 1.165) is 22.3 Å². The van der Waals surface area contributed by atoms with Crippen molar-refractivity contribution in [2.75, 3.05) is 13.6 Å². The topological polar surface area (TPSA) is 119 Å². The molecule has 0 fully saturated rings. The van der Waals surface area contributed by atoms with Crippen LogP contribution in [0.3, 0.4) is 0 Å². The largest absolute Gasteiger partial charge is 0.404 e. The normalized spacial score (nSPS) is 16.2. The number of allylic oxidation sites excluding steroid dienone is 1. The highest BCUT2D eigenvalue weighted by Gasteiger charge is 2.32. The summed E-state index contributed by atoms with van der Waals surface area (Å²) in [5.41, 5.74) is 18.1. The summed E-state index contributed by atoms with van der Waals surface area (Å²) in [4.78, 5) is 8.73. The van der Waals surface area contributed by atoms with Crippen LogP contribution in [0.4, 0.5) is 0 Å². The van der Waals surface area contributed by atoms with Crippen molar-refractivity contribution in [1.82, 2.24) is 20.6 Å². The van der Waals surface area contributed by atoms with Crippen LogP contribution >= 0.6 is 0 Å². The third kappa shape index (κ3) is 4.77. The van der Waals surface area contributed by atoms with E-state index in [-0.39, 0.29) is 17.2 Å². The number of nitrogens with two attached hydrogens (primary N) is 2. The maximum absolute atomic E-state index is 5.75. The molecule has 0 bridgehead atoms. The zero-order valence-corrected chi connectivity index (χ0v) is 17.9. The van der Waals surface area contributed by atoms with E-state index in [4.69, 9.17) is 21.0 Å². The minimum absolute atomic E-state index is 0.0421. The Bertz CT molecular complexity index is 993. The fraction of sp³-hybridized carbons (Fsp3) is 0.318. The fourth-order valence-electron chi connectivity index (χ4n) is 3.42. The molecule has 1 aromatic carbocycles. The molecule has 0 saturated heterocycles. The highest BCUT2D eigenvalue weighted by Crippen LogP contribution is 2.39. The Morgan fingerprint density at radius 2 is 2.03 bits per heavy atom. The van der Waals surface area contributed by atoms with E-state index in [1.165, 1.54) is 6.20 Å². The zero-order chi connectivity index (χ0) is 21.9. The first kappa shape index (κ1) is 21.3. The molecule has 0 radical (unpaired) electrons. The van der Waals surface area contributed by atoms with Crippen molar-refractivity contribution in [3.63, 3.8) is 0 Å². The lowest BCUT2D eigenvalue weighted by Crippen LogP contribution is -2.23.